The van der Waals surface area contributed by atoms with Crippen LogP contribution in [0.25, 0.3) is 11.5 Å². The molecule has 0 aliphatic carbocycles. The van der Waals surface area contributed by atoms with Crippen LogP contribution in [-0.2, 0) is 9.53 Å². The maximum atomic E-state index is 12.3. The Hall–Kier alpha value is -3.46. The maximum Gasteiger partial charge on any atom is 0.298 e. The number of nitrogens with one attached hydrogen (secondary N) is 1. The number of rotatable bonds is 7. The van der Waals surface area contributed by atoms with Gasteiger partial charge in [0.05, 0.1) is 12.8 Å². The second-order valence-corrected chi connectivity index (χ2v) is 7.05. The molecule has 4 heterocycles. The van der Waals surface area contributed by atoms with Gasteiger partial charge in [-0.05, 0) is 36.8 Å². The maximum absolute atomic E-state index is 12.3. The van der Waals surface area contributed by atoms with E-state index in [-0.39, 0.29) is 12.5 Å². The van der Waals surface area contributed by atoms with E-state index in [9.17, 15) is 4.79 Å². The Balaban J connectivity index is 1.45. The molecule has 0 bridgehead atoms. The van der Waals surface area contributed by atoms with Crippen LogP contribution in [0.1, 0.15) is 5.56 Å². The highest BCUT2D eigenvalue weighted by Crippen LogP contribution is 2.25. The standard InChI is InChI=1S/C21H24N6O3/c1-15-6-7-22-19(12-15)25-18-5-3-4-16(24-18)17-13-23-21(30-17)27-9-8-26(10-11-29-2)20(28)14-27/h3-7,12-13H,8-11,14H2,1-2H3,(H,22,24,25). The number of carbonyl (C=O) groups excluding carboxylic acids is 1. The molecule has 1 N–H and O–H groups in total. The highest BCUT2D eigenvalue weighted by Gasteiger charge is 2.26. The molecule has 0 atom stereocenters. The minimum atomic E-state index is 0.0352. The number of aryl methyl sites for hydroxylation is 1. The van der Waals surface area contributed by atoms with Crippen LogP contribution in [0.5, 0.6) is 0 Å². The van der Waals surface area contributed by atoms with E-state index in [0.29, 0.717) is 49.5 Å². The van der Waals surface area contributed by atoms with E-state index in [0.717, 1.165) is 11.4 Å². The zero-order valence-corrected chi connectivity index (χ0v) is 17.0. The number of methoxy groups -OCH3 is 1. The van der Waals surface area contributed by atoms with Crippen LogP contribution >= 0.6 is 0 Å². The molecule has 0 spiro atoms. The molecule has 0 aromatic carbocycles. The monoisotopic (exact) mass is 408 g/mol. The molecule has 1 aliphatic rings. The van der Waals surface area contributed by atoms with Crippen LogP contribution in [0.4, 0.5) is 17.7 Å². The van der Waals surface area contributed by atoms with E-state index in [2.05, 4.69) is 20.3 Å². The fraction of sp³-hybridized carbons (Fsp3) is 0.333. The summed E-state index contributed by atoms with van der Waals surface area (Å²) >= 11 is 0. The molecule has 1 aliphatic heterocycles. The lowest BCUT2D eigenvalue weighted by atomic mass is 10.3. The molecule has 1 fully saturated rings. The molecule has 3 aromatic rings. The second-order valence-electron chi connectivity index (χ2n) is 7.05. The van der Waals surface area contributed by atoms with Crippen molar-refractivity contribution in [3.8, 4) is 11.5 Å². The van der Waals surface area contributed by atoms with E-state index in [1.165, 1.54) is 0 Å². The topological polar surface area (TPSA) is 96.6 Å². The van der Waals surface area contributed by atoms with Crippen LogP contribution in [0.15, 0.2) is 47.1 Å². The minimum Gasteiger partial charge on any atom is -0.422 e. The predicted molar refractivity (Wildman–Crippen MR) is 113 cm³/mol. The smallest absolute Gasteiger partial charge is 0.298 e. The number of amides is 1. The van der Waals surface area contributed by atoms with E-state index in [1.54, 1.807) is 24.4 Å². The summed E-state index contributed by atoms with van der Waals surface area (Å²) in [6.07, 6.45) is 3.38. The van der Waals surface area contributed by atoms with E-state index < -0.39 is 0 Å². The lowest BCUT2D eigenvalue weighted by molar-refractivity contribution is -0.131. The number of pyridine rings is 2. The third-order valence-corrected chi connectivity index (χ3v) is 4.82. The molecule has 1 saturated heterocycles. The first-order valence-corrected chi connectivity index (χ1v) is 9.77. The van der Waals surface area contributed by atoms with Gasteiger partial charge in [0.2, 0.25) is 5.91 Å². The Morgan fingerprint density at radius 2 is 2.10 bits per heavy atom. The van der Waals surface area contributed by atoms with Gasteiger partial charge in [-0.2, -0.15) is 0 Å². The normalized spacial score (nSPS) is 14.3. The summed E-state index contributed by atoms with van der Waals surface area (Å²) in [5.74, 6) is 1.96. The quantitative estimate of drug-likeness (QED) is 0.637. The van der Waals surface area contributed by atoms with Gasteiger partial charge in [0.15, 0.2) is 5.76 Å². The lowest BCUT2D eigenvalue weighted by Crippen LogP contribution is -2.51. The van der Waals surface area contributed by atoms with Gasteiger partial charge >= 0.3 is 0 Å². The first kappa shape index (κ1) is 19.8. The molecule has 1 amide bonds. The Bertz CT molecular complexity index is 1020. The minimum absolute atomic E-state index is 0.0352. The molecular formula is C21H24N6O3. The summed E-state index contributed by atoms with van der Waals surface area (Å²) in [5.41, 5.74) is 1.76. The number of anilines is 3. The van der Waals surface area contributed by atoms with Crippen molar-refractivity contribution >= 4 is 23.6 Å². The van der Waals surface area contributed by atoms with Crippen molar-refractivity contribution in [2.75, 3.05) is 50.1 Å². The summed E-state index contributed by atoms with van der Waals surface area (Å²) < 4.78 is 11.0. The van der Waals surface area contributed by atoms with Crippen molar-refractivity contribution in [1.29, 1.82) is 0 Å². The van der Waals surface area contributed by atoms with Gasteiger partial charge in [0.1, 0.15) is 23.9 Å². The molecular weight excluding hydrogens is 384 g/mol. The van der Waals surface area contributed by atoms with Crippen molar-refractivity contribution in [1.82, 2.24) is 19.9 Å². The molecule has 156 valence electrons. The molecule has 4 rings (SSSR count). The number of oxazole rings is 1. The summed E-state index contributed by atoms with van der Waals surface area (Å²) in [5, 5.41) is 3.20. The first-order chi connectivity index (χ1) is 14.6. The Labute approximate surface area is 174 Å². The van der Waals surface area contributed by atoms with Crippen LogP contribution in [0.3, 0.4) is 0 Å². The van der Waals surface area contributed by atoms with Crippen LogP contribution < -0.4 is 10.2 Å². The van der Waals surface area contributed by atoms with Crippen LogP contribution in [0, 0.1) is 6.92 Å². The highest BCUT2D eigenvalue weighted by atomic mass is 16.5. The summed E-state index contributed by atoms with van der Waals surface area (Å²) in [6, 6.07) is 9.92. The number of nitrogens with zero attached hydrogens (tertiary/aromatic N) is 5. The molecule has 30 heavy (non-hydrogen) atoms. The van der Waals surface area contributed by atoms with Crippen molar-refractivity contribution in [3.63, 3.8) is 0 Å². The molecule has 0 saturated carbocycles. The lowest BCUT2D eigenvalue weighted by Gasteiger charge is -2.33. The molecule has 9 nitrogen and oxygen atoms in total. The van der Waals surface area contributed by atoms with Gasteiger partial charge in [-0.1, -0.05) is 6.07 Å². The van der Waals surface area contributed by atoms with E-state index >= 15 is 0 Å². The average molecular weight is 408 g/mol. The van der Waals surface area contributed by atoms with Gasteiger partial charge in [0, 0.05) is 32.9 Å². The third-order valence-electron chi connectivity index (χ3n) is 4.82. The SMILES string of the molecule is COCCN1CCN(c2ncc(-c3cccc(Nc4cc(C)ccn4)n3)o2)CC1=O. The number of hydrogen-bond acceptors (Lipinski definition) is 8. The Kier molecular flexibility index (Phi) is 5.89. The van der Waals surface area contributed by atoms with Gasteiger partial charge in [-0.25, -0.2) is 15.0 Å². The average Bonchev–Trinajstić information content (AvgIpc) is 3.23. The summed E-state index contributed by atoms with van der Waals surface area (Å²) in [7, 11) is 1.63. The number of piperazine rings is 1. The van der Waals surface area contributed by atoms with Crippen molar-refractivity contribution < 1.29 is 13.9 Å². The highest BCUT2D eigenvalue weighted by molar-refractivity contribution is 5.82. The van der Waals surface area contributed by atoms with Crippen LogP contribution in [-0.4, -0.2) is 65.7 Å². The summed E-state index contributed by atoms with van der Waals surface area (Å²) in [4.78, 5) is 29.2. The van der Waals surface area contributed by atoms with Gasteiger partial charge in [-0.3, -0.25) is 4.79 Å². The van der Waals surface area contributed by atoms with Crippen molar-refractivity contribution in [3.05, 3.63) is 48.3 Å². The fourth-order valence-electron chi connectivity index (χ4n) is 3.22. The fourth-order valence-corrected chi connectivity index (χ4v) is 3.22. The predicted octanol–water partition coefficient (Wildman–Crippen LogP) is 2.48. The Morgan fingerprint density at radius 1 is 1.20 bits per heavy atom. The van der Waals surface area contributed by atoms with Crippen LogP contribution in [0.2, 0.25) is 0 Å². The van der Waals surface area contributed by atoms with Gasteiger partial charge in [-0.15, -0.1) is 0 Å². The van der Waals surface area contributed by atoms with Gasteiger partial charge < -0.3 is 24.3 Å². The first-order valence-electron chi connectivity index (χ1n) is 9.77. The number of hydrogen-bond donors (Lipinski definition) is 1. The van der Waals surface area contributed by atoms with E-state index in [1.807, 2.05) is 42.2 Å². The summed E-state index contributed by atoms with van der Waals surface area (Å²) in [6.45, 7) is 4.64. The Morgan fingerprint density at radius 3 is 2.90 bits per heavy atom. The van der Waals surface area contributed by atoms with Crippen molar-refractivity contribution in [2.24, 2.45) is 0 Å². The second kappa shape index (κ2) is 8.91. The number of ether oxygens (including phenoxy) is 1. The molecule has 0 unspecified atom stereocenters. The number of carbonyl (C=O) groups is 1. The van der Waals surface area contributed by atoms with E-state index in [4.69, 9.17) is 9.15 Å². The van der Waals surface area contributed by atoms with Crippen molar-refractivity contribution in [2.45, 2.75) is 6.92 Å². The molecule has 0 radical (unpaired) electrons. The zero-order chi connectivity index (χ0) is 20.9. The number of aromatic nitrogens is 3. The molecule has 9 heteroatoms. The molecule has 3 aromatic heterocycles. The van der Waals surface area contributed by atoms with Gasteiger partial charge in [0.25, 0.3) is 6.01 Å². The third kappa shape index (κ3) is 4.57. The largest absolute Gasteiger partial charge is 0.422 e. The zero-order valence-electron chi connectivity index (χ0n) is 17.0.